The summed E-state index contributed by atoms with van der Waals surface area (Å²) in [5, 5.41) is 8.32. The predicted molar refractivity (Wildman–Crippen MR) is 102 cm³/mol. The zero-order chi connectivity index (χ0) is 19.4. The number of hydrogen-bond donors (Lipinski definition) is 3. The van der Waals surface area contributed by atoms with Crippen LogP contribution in [0.25, 0.3) is 0 Å². The number of hydrogen-bond acceptors (Lipinski definition) is 4. The van der Waals surface area contributed by atoms with E-state index in [0.717, 1.165) is 0 Å². The van der Waals surface area contributed by atoms with Crippen molar-refractivity contribution >= 4 is 17.6 Å². The number of carbonyl (C=O) groups is 2. The molecule has 3 amide bonds. The molecular weight excluding hydrogens is 346 g/mol. The topological polar surface area (TPSA) is 88.7 Å². The number of benzene rings is 2. The first-order valence-electron chi connectivity index (χ1n) is 8.40. The Balaban J connectivity index is 1.97. The molecule has 1 atom stereocenters. The van der Waals surface area contributed by atoms with Crippen LogP contribution in [0.15, 0.2) is 59.8 Å². The minimum Gasteiger partial charge on any atom is -0.497 e. The van der Waals surface area contributed by atoms with E-state index >= 15 is 0 Å². The Kier molecular flexibility index (Phi) is 5.30. The van der Waals surface area contributed by atoms with Gasteiger partial charge in [-0.15, -0.1) is 0 Å². The predicted octanol–water partition coefficient (Wildman–Crippen LogP) is 2.97. The molecule has 0 spiro atoms. The third-order valence-electron chi connectivity index (χ3n) is 4.29. The molecule has 0 saturated carbocycles. The molecule has 27 heavy (non-hydrogen) atoms. The van der Waals surface area contributed by atoms with Crippen molar-refractivity contribution in [1.29, 1.82) is 0 Å². The van der Waals surface area contributed by atoms with Gasteiger partial charge in [-0.25, -0.2) is 4.79 Å². The van der Waals surface area contributed by atoms with E-state index in [-0.39, 0.29) is 11.9 Å². The SMILES string of the molecule is COc1cccc(NC(=O)C2=C(C)NC(=O)NC2c2ccccc2OC)c1. The normalized spacial score (nSPS) is 16.3. The van der Waals surface area contributed by atoms with Crippen molar-refractivity contribution < 1.29 is 19.1 Å². The molecule has 0 saturated heterocycles. The van der Waals surface area contributed by atoms with Crippen LogP contribution in [0, 0.1) is 0 Å². The van der Waals surface area contributed by atoms with Crippen molar-refractivity contribution in [2.45, 2.75) is 13.0 Å². The lowest BCUT2D eigenvalue weighted by molar-refractivity contribution is -0.113. The first-order chi connectivity index (χ1) is 13.0. The lowest BCUT2D eigenvalue weighted by Gasteiger charge is -2.29. The second kappa shape index (κ2) is 7.82. The molecule has 1 unspecified atom stereocenters. The van der Waals surface area contributed by atoms with E-state index in [1.54, 1.807) is 51.5 Å². The van der Waals surface area contributed by atoms with Crippen LogP contribution in [0.4, 0.5) is 10.5 Å². The average molecular weight is 367 g/mol. The van der Waals surface area contributed by atoms with Gasteiger partial charge in [0.2, 0.25) is 0 Å². The third kappa shape index (κ3) is 3.87. The highest BCUT2D eigenvalue weighted by Gasteiger charge is 2.32. The van der Waals surface area contributed by atoms with Crippen molar-refractivity contribution in [1.82, 2.24) is 10.6 Å². The summed E-state index contributed by atoms with van der Waals surface area (Å²) in [4.78, 5) is 25.0. The number of rotatable bonds is 5. The molecule has 1 aliphatic heterocycles. The molecule has 0 aliphatic carbocycles. The number of urea groups is 1. The van der Waals surface area contributed by atoms with Crippen LogP contribution < -0.4 is 25.4 Å². The molecule has 0 fully saturated rings. The van der Waals surface area contributed by atoms with Gasteiger partial charge in [0.15, 0.2) is 0 Å². The van der Waals surface area contributed by atoms with Crippen LogP contribution in [0.1, 0.15) is 18.5 Å². The molecule has 1 aliphatic rings. The van der Waals surface area contributed by atoms with Gasteiger partial charge in [-0.1, -0.05) is 24.3 Å². The fourth-order valence-corrected chi connectivity index (χ4v) is 3.03. The minimum atomic E-state index is -0.638. The van der Waals surface area contributed by atoms with Gasteiger partial charge in [0.25, 0.3) is 5.91 Å². The second-order valence-corrected chi connectivity index (χ2v) is 6.00. The van der Waals surface area contributed by atoms with Crippen LogP contribution in [0.2, 0.25) is 0 Å². The summed E-state index contributed by atoms with van der Waals surface area (Å²) in [7, 11) is 3.11. The van der Waals surface area contributed by atoms with E-state index in [9.17, 15) is 9.59 Å². The largest absolute Gasteiger partial charge is 0.497 e. The molecule has 7 heteroatoms. The standard InChI is InChI=1S/C20H21N3O4/c1-12-17(19(24)22-13-7-6-8-14(11-13)26-2)18(23-20(25)21-12)15-9-4-5-10-16(15)27-3/h4-11,18H,1-3H3,(H,22,24)(H2,21,23,25). The van der Waals surface area contributed by atoms with Gasteiger partial charge in [0.05, 0.1) is 25.8 Å². The highest BCUT2D eigenvalue weighted by Crippen LogP contribution is 2.33. The van der Waals surface area contributed by atoms with E-state index in [4.69, 9.17) is 9.47 Å². The molecule has 0 radical (unpaired) electrons. The molecular formula is C20H21N3O4. The van der Waals surface area contributed by atoms with Gasteiger partial charge in [0.1, 0.15) is 11.5 Å². The van der Waals surface area contributed by atoms with E-state index < -0.39 is 6.04 Å². The second-order valence-electron chi connectivity index (χ2n) is 6.00. The monoisotopic (exact) mass is 367 g/mol. The Bertz CT molecular complexity index is 908. The molecule has 2 aromatic rings. The Labute approximate surface area is 157 Å². The van der Waals surface area contributed by atoms with Gasteiger partial charge in [-0.3, -0.25) is 4.79 Å². The Morgan fingerprint density at radius 1 is 1.07 bits per heavy atom. The number of carbonyl (C=O) groups excluding carboxylic acids is 2. The van der Waals surface area contributed by atoms with Crippen molar-refractivity contribution in [2.75, 3.05) is 19.5 Å². The number of allylic oxidation sites excluding steroid dienone is 1. The van der Waals surface area contributed by atoms with Crippen LogP contribution >= 0.6 is 0 Å². The highest BCUT2D eigenvalue weighted by atomic mass is 16.5. The molecule has 1 heterocycles. The summed E-state index contributed by atoms with van der Waals surface area (Å²) in [5.41, 5.74) is 2.18. The van der Waals surface area contributed by atoms with E-state index in [0.29, 0.717) is 34.0 Å². The van der Waals surface area contributed by atoms with Gasteiger partial charge in [-0.05, 0) is 25.1 Å². The van der Waals surface area contributed by atoms with Crippen LogP contribution in [-0.4, -0.2) is 26.2 Å². The number of anilines is 1. The molecule has 3 N–H and O–H groups in total. The molecule has 3 rings (SSSR count). The quantitative estimate of drug-likeness (QED) is 0.758. The lowest BCUT2D eigenvalue weighted by Crippen LogP contribution is -2.46. The first kappa shape index (κ1) is 18.3. The highest BCUT2D eigenvalue weighted by molar-refractivity contribution is 6.07. The molecule has 0 bridgehead atoms. The van der Waals surface area contributed by atoms with Gasteiger partial charge >= 0.3 is 6.03 Å². The van der Waals surface area contributed by atoms with E-state index in [1.165, 1.54) is 0 Å². The number of amides is 3. The summed E-state index contributed by atoms with van der Waals surface area (Å²) in [6.07, 6.45) is 0. The maximum absolute atomic E-state index is 13.0. The van der Waals surface area contributed by atoms with Gasteiger partial charge < -0.3 is 25.4 Å². The summed E-state index contributed by atoms with van der Waals surface area (Å²) in [5.74, 6) is 0.892. The summed E-state index contributed by atoms with van der Waals surface area (Å²) >= 11 is 0. The first-order valence-corrected chi connectivity index (χ1v) is 8.40. The Morgan fingerprint density at radius 3 is 2.59 bits per heavy atom. The van der Waals surface area contributed by atoms with Crippen LogP contribution in [0.5, 0.6) is 11.5 Å². The minimum absolute atomic E-state index is 0.329. The van der Waals surface area contributed by atoms with Crippen molar-refractivity contribution in [2.24, 2.45) is 0 Å². The maximum Gasteiger partial charge on any atom is 0.319 e. The van der Waals surface area contributed by atoms with Crippen LogP contribution in [0.3, 0.4) is 0 Å². The van der Waals surface area contributed by atoms with Gasteiger partial charge in [0, 0.05) is 23.0 Å². The third-order valence-corrected chi connectivity index (χ3v) is 4.29. The van der Waals surface area contributed by atoms with E-state index in [2.05, 4.69) is 16.0 Å². The molecule has 7 nitrogen and oxygen atoms in total. The summed E-state index contributed by atoms with van der Waals surface area (Å²) in [6.45, 7) is 1.70. The van der Waals surface area contributed by atoms with Crippen molar-refractivity contribution in [3.63, 3.8) is 0 Å². The Morgan fingerprint density at radius 2 is 1.85 bits per heavy atom. The van der Waals surface area contributed by atoms with Crippen molar-refractivity contribution in [3.8, 4) is 11.5 Å². The maximum atomic E-state index is 13.0. The fraction of sp³-hybridized carbons (Fsp3) is 0.200. The zero-order valence-corrected chi connectivity index (χ0v) is 15.3. The number of ether oxygens (including phenoxy) is 2. The number of para-hydroxylation sites is 1. The number of nitrogens with one attached hydrogen (secondary N) is 3. The zero-order valence-electron chi connectivity index (χ0n) is 15.3. The molecule has 2 aromatic carbocycles. The summed E-state index contributed by atoms with van der Waals surface area (Å²) < 4.78 is 10.6. The summed E-state index contributed by atoms with van der Waals surface area (Å²) in [6, 6.07) is 13.3. The number of methoxy groups -OCH3 is 2. The van der Waals surface area contributed by atoms with E-state index in [1.807, 2.05) is 18.2 Å². The fourth-order valence-electron chi connectivity index (χ4n) is 3.03. The van der Waals surface area contributed by atoms with Gasteiger partial charge in [-0.2, -0.15) is 0 Å². The average Bonchev–Trinajstić information content (AvgIpc) is 2.67. The van der Waals surface area contributed by atoms with Crippen molar-refractivity contribution in [3.05, 3.63) is 65.4 Å². The smallest absolute Gasteiger partial charge is 0.319 e. The Hall–Kier alpha value is -3.48. The molecule has 0 aromatic heterocycles. The molecule has 140 valence electrons. The lowest BCUT2D eigenvalue weighted by atomic mass is 9.94. The van der Waals surface area contributed by atoms with Crippen LogP contribution in [-0.2, 0) is 4.79 Å².